The molecule has 0 atom stereocenters. The van der Waals surface area contributed by atoms with Crippen LogP contribution in [0.5, 0.6) is 5.75 Å². The maximum absolute atomic E-state index is 13.9. The first-order chi connectivity index (χ1) is 17.9. The number of hydrogen-bond donors (Lipinski definition) is 1. The van der Waals surface area contributed by atoms with Gasteiger partial charge in [-0.15, -0.1) is 13.2 Å². The molecule has 1 aliphatic rings. The Kier molecular flexibility index (Phi) is 7.14. The van der Waals surface area contributed by atoms with Crippen LogP contribution < -0.4 is 10.1 Å². The first-order valence-electron chi connectivity index (χ1n) is 11.6. The van der Waals surface area contributed by atoms with E-state index in [1.54, 1.807) is 12.1 Å². The highest BCUT2D eigenvalue weighted by molar-refractivity contribution is 6.04. The normalized spacial score (nSPS) is 14.5. The van der Waals surface area contributed by atoms with Crippen molar-refractivity contribution in [1.82, 2.24) is 4.98 Å². The summed E-state index contributed by atoms with van der Waals surface area (Å²) in [6, 6.07) is 12.2. The van der Waals surface area contributed by atoms with Crippen molar-refractivity contribution in [2.75, 3.05) is 12.4 Å². The van der Waals surface area contributed by atoms with Gasteiger partial charge < -0.3 is 14.8 Å². The number of aromatic nitrogens is 1. The van der Waals surface area contributed by atoms with E-state index >= 15 is 0 Å². The van der Waals surface area contributed by atoms with Gasteiger partial charge in [-0.1, -0.05) is 31.2 Å². The maximum atomic E-state index is 13.9. The van der Waals surface area contributed by atoms with Crippen molar-refractivity contribution in [3.05, 3.63) is 77.6 Å². The lowest BCUT2D eigenvalue weighted by Crippen LogP contribution is -2.28. The minimum absolute atomic E-state index is 0.0839. The minimum atomic E-state index is -4.82. The lowest BCUT2D eigenvalue weighted by Gasteiger charge is -2.18. The summed E-state index contributed by atoms with van der Waals surface area (Å²) in [6.45, 7) is 1.35. The number of benzene rings is 2. The van der Waals surface area contributed by atoms with Crippen LogP contribution in [0, 0.1) is 0 Å². The number of ether oxygens (including phenoxy) is 2. The molecule has 1 heterocycles. The van der Waals surface area contributed by atoms with Crippen LogP contribution in [0.1, 0.15) is 47.8 Å². The Balaban J connectivity index is 1.57. The molecule has 0 aliphatic heterocycles. The molecule has 200 valence electrons. The van der Waals surface area contributed by atoms with Gasteiger partial charge in [0, 0.05) is 23.9 Å². The zero-order valence-corrected chi connectivity index (χ0v) is 20.4. The highest BCUT2D eigenvalue weighted by atomic mass is 19.4. The molecule has 1 amide bonds. The number of anilines is 1. The van der Waals surface area contributed by atoms with E-state index in [1.807, 2.05) is 0 Å². The fourth-order valence-corrected chi connectivity index (χ4v) is 4.10. The Labute approximate surface area is 214 Å². The summed E-state index contributed by atoms with van der Waals surface area (Å²) < 4.78 is 73.9. The van der Waals surface area contributed by atoms with Gasteiger partial charge in [0.1, 0.15) is 11.4 Å². The van der Waals surface area contributed by atoms with Crippen molar-refractivity contribution >= 4 is 17.6 Å². The lowest BCUT2D eigenvalue weighted by atomic mass is 9.94. The van der Waals surface area contributed by atoms with Crippen molar-refractivity contribution in [2.24, 2.45) is 0 Å². The van der Waals surface area contributed by atoms with Crippen LogP contribution in [0.4, 0.5) is 27.6 Å². The Morgan fingerprint density at radius 3 is 2.21 bits per heavy atom. The van der Waals surface area contributed by atoms with Crippen molar-refractivity contribution in [3.8, 4) is 16.9 Å². The van der Waals surface area contributed by atoms with Crippen molar-refractivity contribution < 1.29 is 41.0 Å². The van der Waals surface area contributed by atoms with Gasteiger partial charge in [-0.05, 0) is 54.3 Å². The number of rotatable bonds is 8. The Hall–Kier alpha value is -4.02. The van der Waals surface area contributed by atoms with Crippen molar-refractivity contribution in [2.45, 2.75) is 43.9 Å². The molecular weight excluding hydrogens is 511 g/mol. The topological polar surface area (TPSA) is 77.5 Å². The van der Waals surface area contributed by atoms with Gasteiger partial charge in [0.05, 0.1) is 18.1 Å². The Morgan fingerprint density at radius 1 is 1.00 bits per heavy atom. The lowest BCUT2D eigenvalue weighted by molar-refractivity contribution is -0.274. The van der Waals surface area contributed by atoms with E-state index in [4.69, 9.17) is 4.74 Å². The number of carbonyl (C=O) groups excluding carboxylic acids is 2. The molecule has 11 heteroatoms. The smallest absolute Gasteiger partial charge is 0.465 e. The second-order valence-electron chi connectivity index (χ2n) is 8.85. The van der Waals surface area contributed by atoms with Gasteiger partial charge in [0.15, 0.2) is 0 Å². The second kappa shape index (κ2) is 10.0. The van der Waals surface area contributed by atoms with Crippen LogP contribution in [0.25, 0.3) is 11.1 Å². The second-order valence-corrected chi connectivity index (χ2v) is 8.85. The fourth-order valence-electron chi connectivity index (χ4n) is 4.10. The number of hydrogen-bond acceptors (Lipinski definition) is 5. The zero-order valence-electron chi connectivity index (χ0n) is 20.4. The molecule has 38 heavy (non-hydrogen) atoms. The number of pyridine rings is 1. The van der Waals surface area contributed by atoms with E-state index in [0.29, 0.717) is 29.5 Å². The minimum Gasteiger partial charge on any atom is -0.465 e. The molecule has 0 unspecified atom stereocenters. The average molecular weight is 534 g/mol. The number of nitrogens with zero attached hydrogens (tertiary/aromatic N) is 1. The molecule has 3 aromatic rings. The Bertz CT molecular complexity index is 1340. The summed E-state index contributed by atoms with van der Waals surface area (Å²) in [5, 5.41) is 2.76. The predicted octanol–water partition coefficient (Wildman–Crippen LogP) is 6.61. The summed E-state index contributed by atoms with van der Waals surface area (Å²) in [6.07, 6.45) is -3.02. The molecular formula is C27H23F5N2O4. The van der Waals surface area contributed by atoms with E-state index in [0.717, 1.165) is 12.1 Å². The SMILES string of the molecule is CCC(F)(F)c1ccc(-c2ccc(NC(=O)C3(c4ccc(OC(F)(F)F)cc4)CC3)cc2C(=O)OC)cn1. The van der Waals surface area contributed by atoms with Crippen LogP contribution in [-0.4, -0.2) is 30.3 Å². The number of halogens is 5. The van der Waals surface area contributed by atoms with E-state index in [2.05, 4.69) is 15.0 Å². The quantitative estimate of drug-likeness (QED) is 0.260. The highest BCUT2D eigenvalue weighted by Gasteiger charge is 2.51. The van der Waals surface area contributed by atoms with Crippen LogP contribution in [0.3, 0.4) is 0 Å². The number of carbonyl (C=O) groups is 2. The van der Waals surface area contributed by atoms with Crippen LogP contribution in [0.15, 0.2) is 60.8 Å². The molecule has 0 spiro atoms. The standard InChI is InChI=1S/C27H23F5N2O4/c1-3-26(28,29)22-11-4-16(15-33-22)20-10-7-18(14-21(20)23(35)37-2)34-24(36)25(12-13-25)17-5-8-19(9-6-17)38-27(30,31)32/h4-11,14-15H,3,12-13H2,1-2H3,(H,34,36). The van der Waals surface area contributed by atoms with Gasteiger partial charge in [-0.2, -0.15) is 8.78 Å². The molecule has 4 rings (SSSR count). The summed E-state index contributed by atoms with van der Waals surface area (Å²) in [5.74, 6) is -4.57. The predicted molar refractivity (Wildman–Crippen MR) is 128 cm³/mol. The molecule has 1 saturated carbocycles. The molecule has 0 radical (unpaired) electrons. The summed E-state index contributed by atoms with van der Waals surface area (Å²) in [7, 11) is 1.19. The van der Waals surface area contributed by atoms with Gasteiger partial charge in [0.25, 0.3) is 5.92 Å². The summed E-state index contributed by atoms with van der Waals surface area (Å²) >= 11 is 0. The number of nitrogens with one attached hydrogen (secondary N) is 1. The number of alkyl halides is 5. The molecule has 1 aliphatic carbocycles. The van der Waals surface area contributed by atoms with Gasteiger partial charge in [-0.25, -0.2) is 4.79 Å². The van der Waals surface area contributed by atoms with Crippen LogP contribution >= 0.6 is 0 Å². The van der Waals surface area contributed by atoms with E-state index < -0.39 is 41.7 Å². The highest BCUT2D eigenvalue weighted by Crippen LogP contribution is 2.49. The van der Waals surface area contributed by atoms with Crippen molar-refractivity contribution in [3.63, 3.8) is 0 Å². The summed E-state index contributed by atoms with van der Waals surface area (Å²) in [5.41, 5.74) is 0.355. The number of methoxy groups -OCH3 is 1. The maximum Gasteiger partial charge on any atom is 0.573 e. The molecule has 2 aromatic carbocycles. The largest absolute Gasteiger partial charge is 0.573 e. The molecule has 0 bridgehead atoms. The van der Waals surface area contributed by atoms with E-state index in [9.17, 15) is 31.5 Å². The molecule has 1 aromatic heterocycles. The Morgan fingerprint density at radius 2 is 1.68 bits per heavy atom. The van der Waals surface area contributed by atoms with Gasteiger partial charge >= 0.3 is 12.3 Å². The van der Waals surface area contributed by atoms with E-state index in [1.165, 1.54) is 50.6 Å². The molecule has 1 N–H and O–H groups in total. The molecule has 0 saturated heterocycles. The number of esters is 1. The first kappa shape index (κ1) is 27.0. The molecule has 1 fully saturated rings. The third-order valence-corrected chi connectivity index (χ3v) is 6.40. The van der Waals surface area contributed by atoms with E-state index in [-0.39, 0.29) is 16.9 Å². The third-order valence-electron chi connectivity index (χ3n) is 6.40. The fraction of sp³-hybridized carbons (Fsp3) is 0.296. The van der Waals surface area contributed by atoms with Crippen LogP contribution in [-0.2, 0) is 20.9 Å². The van der Waals surface area contributed by atoms with Crippen molar-refractivity contribution in [1.29, 1.82) is 0 Å². The first-order valence-corrected chi connectivity index (χ1v) is 11.6. The zero-order chi connectivity index (χ0) is 27.7. The van der Waals surface area contributed by atoms with Gasteiger partial charge in [-0.3, -0.25) is 9.78 Å². The van der Waals surface area contributed by atoms with Gasteiger partial charge in [0.2, 0.25) is 5.91 Å². The molecule has 6 nitrogen and oxygen atoms in total. The van der Waals surface area contributed by atoms with Crippen LogP contribution in [0.2, 0.25) is 0 Å². The average Bonchev–Trinajstić information content (AvgIpc) is 3.70. The number of amides is 1. The monoisotopic (exact) mass is 534 g/mol. The third kappa shape index (κ3) is 5.61. The summed E-state index contributed by atoms with van der Waals surface area (Å²) in [4.78, 5) is 29.5.